The first-order valence-corrected chi connectivity index (χ1v) is 8.23. The maximum Gasteiger partial charge on any atom is 0.335 e. The van der Waals surface area contributed by atoms with Crippen LogP contribution in [-0.2, 0) is 9.59 Å². The summed E-state index contributed by atoms with van der Waals surface area (Å²) in [4.78, 5) is 37.2. The molecule has 0 saturated carbocycles. The summed E-state index contributed by atoms with van der Waals surface area (Å²) < 4.78 is 0. The summed E-state index contributed by atoms with van der Waals surface area (Å²) in [6.45, 7) is 6.67. The molecule has 1 aliphatic rings. The van der Waals surface area contributed by atoms with Gasteiger partial charge in [0.2, 0.25) is 11.8 Å². The number of hydrogen-bond donors (Lipinski definition) is 2. The molecule has 0 radical (unpaired) electrons. The Morgan fingerprint density at radius 2 is 1.83 bits per heavy atom. The molecule has 0 unspecified atom stereocenters. The molecule has 0 atom stereocenters. The van der Waals surface area contributed by atoms with Crippen molar-refractivity contribution in [3.8, 4) is 0 Å². The van der Waals surface area contributed by atoms with Gasteiger partial charge in [0.1, 0.15) is 0 Å². The molecule has 2 N–H and O–H groups in total. The second kappa shape index (κ2) is 7.47. The largest absolute Gasteiger partial charge is 0.478 e. The summed E-state index contributed by atoms with van der Waals surface area (Å²) in [7, 11) is 0. The molecule has 1 aliphatic heterocycles. The van der Waals surface area contributed by atoms with Gasteiger partial charge in [-0.1, -0.05) is 13.8 Å². The van der Waals surface area contributed by atoms with Gasteiger partial charge in [-0.3, -0.25) is 9.59 Å². The second-order valence-corrected chi connectivity index (χ2v) is 6.58. The molecule has 2 rings (SSSR count). The fraction of sp³-hybridized carbons (Fsp3) is 0.500. The smallest absolute Gasteiger partial charge is 0.335 e. The van der Waals surface area contributed by atoms with Gasteiger partial charge in [0.15, 0.2) is 0 Å². The van der Waals surface area contributed by atoms with Crippen LogP contribution in [-0.4, -0.2) is 40.9 Å². The lowest BCUT2D eigenvalue weighted by atomic mass is 9.95. The van der Waals surface area contributed by atoms with Crippen LogP contribution in [0.4, 0.5) is 5.69 Å². The number of nitrogens with one attached hydrogen (secondary N) is 1. The van der Waals surface area contributed by atoms with E-state index in [1.165, 1.54) is 6.07 Å². The molecule has 0 aliphatic carbocycles. The van der Waals surface area contributed by atoms with Crippen molar-refractivity contribution in [3.05, 3.63) is 29.3 Å². The van der Waals surface area contributed by atoms with E-state index >= 15 is 0 Å². The van der Waals surface area contributed by atoms with Crippen molar-refractivity contribution in [2.24, 2.45) is 11.8 Å². The predicted octanol–water partition coefficient (Wildman–Crippen LogP) is 2.53. The summed E-state index contributed by atoms with van der Waals surface area (Å²) in [5, 5.41) is 11.9. The van der Waals surface area contributed by atoms with Crippen molar-refractivity contribution in [1.82, 2.24) is 4.90 Å². The number of amides is 2. The standard InChI is InChI=1S/C18H24N2O4/c1-11(2)17(22)20-8-6-13(7-9-20)16(21)19-14-4-5-15(18(23)24)12(3)10-14/h4-5,10-11,13H,6-9H2,1-3H3,(H,19,21)(H,23,24). The average molecular weight is 332 g/mol. The number of carbonyl (C=O) groups is 3. The second-order valence-electron chi connectivity index (χ2n) is 6.58. The van der Waals surface area contributed by atoms with E-state index in [2.05, 4.69) is 5.32 Å². The van der Waals surface area contributed by atoms with Gasteiger partial charge in [0.25, 0.3) is 0 Å². The number of aryl methyl sites for hydroxylation is 1. The van der Waals surface area contributed by atoms with Crippen molar-refractivity contribution in [2.45, 2.75) is 33.6 Å². The molecule has 2 amide bonds. The van der Waals surface area contributed by atoms with Gasteiger partial charge in [-0.2, -0.15) is 0 Å². The molecule has 0 spiro atoms. The van der Waals surface area contributed by atoms with Crippen LogP contribution in [0.25, 0.3) is 0 Å². The highest BCUT2D eigenvalue weighted by Gasteiger charge is 2.28. The number of hydrogen-bond acceptors (Lipinski definition) is 3. The molecule has 1 fully saturated rings. The van der Waals surface area contributed by atoms with E-state index in [0.717, 1.165) is 0 Å². The Morgan fingerprint density at radius 1 is 1.21 bits per heavy atom. The van der Waals surface area contributed by atoms with Gasteiger partial charge in [-0.15, -0.1) is 0 Å². The molecule has 0 aromatic heterocycles. The maximum atomic E-state index is 12.4. The minimum absolute atomic E-state index is 0.0221. The van der Waals surface area contributed by atoms with E-state index in [1.54, 1.807) is 19.1 Å². The molecule has 6 heteroatoms. The Balaban J connectivity index is 1.93. The highest BCUT2D eigenvalue weighted by molar-refractivity contribution is 5.94. The minimum Gasteiger partial charge on any atom is -0.478 e. The molecule has 1 saturated heterocycles. The van der Waals surface area contributed by atoms with E-state index < -0.39 is 5.97 Å². The van der Waals surface area contributed by atoms with Crippen molar-refractivity contribution >= 4 is 23.5 Å². The number of carboxylic acids is 1. The van der Waals surface area contributed by atoms with E-state index in [0.29, 0.717) is 37.2 Å². The summed E-state index contributed by atoms with van der Waals surface area (Å²) in [5.74, 6) is -1.07. The lowest BCUT2D eigenvalue weighted by Crippen LogP contribution is -2.43. The van der Waals surface area contributed by atoms with Crippen molar-refractivity contribution in [1.29, 1.82) is 0 Å². The molecule has 1 aromatic rings. The Hall–Kier alpha value is -2.37. The third-order valence-electron chi connectivity index (χ3n) is 4.40. The van der Waals surface area contributed by atoms with Crippen LogP contribution in [0.5, 0.6) is 0 Å². The van der Waals surface area contributed by atoms with Gasteiger partial charge < -0.3 is 15.3 Å². The van der Waals surface area contributed by atoms with Crippen LogP contribution in [0.3, 0.4) is 0 Å². The van der Waals surface area contributed by atoms with E-state index in [-0.39, 0.29) is 29.2 Å². The van der Waals surface area contributed by atoms with E-state index in [9.17, 15) is 14.4 Å². The number of piperidine rings is 1. The molecular weight excluding hydrogens is 308 g/mol. The average Bonchev–Trinajstić information content (AvgIpc) is 2.53. The number of benzene rings is 1. The van der Waals surface area contributed by atoms with Crippen LogP contribution >= 0.6 is 0 Å². The first kappa shape index (κ1) is 18.0. The SMILES string of the molecule is Cc1cc(NC(=O)C2CCN(C(=O)C(C)C)CC2)ccc1C(=O)O. The molecule has 0 bridgehead atoms. The highest BCUT2D eigenvalue weighted by Crippen LogP contribution is 2.22. The monoisotopic (exact) mass is 332 g/mol. The fourth-order valence-electron chi connectivity index (χ4n) is 2.95. The first-order valence-electron chi connectivity index (χ1n) is 8.23. The van der Waals surface area contributed by atoms with Gasteiger partial charge in [0, 0.05) is 30.6 Å². The third-order valence-corrected chi connectivity index (χ3v) is 4.40. The Morgan fingerprint density at radius 3 is 2.33 bits per heavy atom. The van der Waals surface area contributed by atoms with Gasteiger partial charge >= 0.3 is 5.97 Å². The zero-order valence-corrected chi connectivity index (χ0v) is 14.3. The van der Waals surface area contributed by atoms with Crippen LogP contribution in [0.15, 0.2) is 18.2 Å². The number of aromatic carboxylic acids is 1. The summed E-state index contributed by atoms with van der Waals surface area (Å²) in [5.41, 5.74) is 1.44. The predicted molar refractivity (Wildman–Crippen MR) is 90.9 cm³/mol. The van der Waals surface area contributed by atoms with Gasteiger partial charge in [-0.25, -0.2) is 4.79 Å². The number of carbonyl (C=O) groups excluding carboxylic acids is 2. The topological polar surface area (TPSA) is 86.7 Å². The van der Waals surface area contributed by atoms with E-state index in [4.69, 9.17) is 5.11 Å². The molecule has 130 valence electrons. The molecule has 6 nitrogen and oxygen atoms in total. The van der Waals surface area contributed by atoms with Gasteiger partial charge in [0.05, 0.1) is 5.56 Å². The molecular formula is C18H24N2O4. The normalized spacial score (nSPS) is 15.4. The number of rotatable bonds is 4. The fourth-order valence-corrected chi connectivity index (χ4v) is 2.95. The summed E-state index contributed by atoms with van der Waals surface area (Å²) in [6, 6.07) is 4.77. The lowest BCUT2D eigenvalue weighted by molar-refractivity contribution is -0.137. The number of anilines is 1. The van der Waals surface area contributed by atoms with E-state index in [1.807, 2.05) is 18.7 Å². The zero-order chi connectivity index (χ0) is 17.9. The molecule has 1 aromatic carbocycles. The van der Waals surface area contributed by atoms with Crippen LogP contribution in [0, 0.1) is 18.8 Å². The Labute approximate surface area is 141 Å². The number of carboxylic acid groups (broad SMARTS) is 1. The first-order chi connectivity index (χ1) is 11.3. The van der Waals surface area contributed by atoms with Crippen LogP contribution in [0.1, 0.15) is 42.6 Å². The Kier molecular flexibility index (Phi) is 5.59. The summed E-state index contributed by atoms with van der Waals surface area (Å²) in [6.07, 6.45) is 1.30. The maximum absolute atomic E-state index is 12.4. The van der Waals surface area contributed by atoms with Crippen molar-refractivity contribution in [2.75, 3.05) is 18.4 Å². The van der Waals surface area contributed by atoms with Gasteiger partial charge in [-0.05, 0) is 43.5 Å². The van der Waals surface area contributed by atoms with Crippen molar-refractivity contribution < 1.29 is 19.5 Å². The molecule has 24 heavy (non-hydrogen) atoms. The Bertz CT molecular complexity index is 646. The quantitative estimate of drug-likeness (QED) is 0.887. The number of nitrogens with zero attached hydrogens (tertiary/aromatic N) is 1. The minimum atomic E-state index is -0.979. The van der Waals surface area contributed by atoms with Crippen LogP contribution < -0.4 is 5.32 Å². The third kappa shape index (κ3) is 4.13. The summed E-state index contributed by atoms with van der Waals surface area (Å²) >= 11 is 0. The molecule has 1 heterocycles. The number of likely N-dealkylation sites (tertiary alicyclic amines) is 1. The van der Waals surface area contributed by atoms with Crippen LogP contribution in [0.2, 0.25) is 0 Å². The van der Waals surface area contributed by atoms with Crippen molar-refractivity contribution in [3.63, 3.8) is 0 Å². The highest BCUT2D eigenvalue weighted by atomic mass is 16.4. The lowest BCUT2D eigenvalue weighted by Gasteiger charge is -2.32. The zero-order valence-electron chi connectivity index (χ0n) is 14.3.